The van der Waals surface area contributed by atoms with Gasteiger partial charge in [0.15, 0.2) is 5.16 Å². The molecule has 160 valence electrons. The molecule has 1 aliphatic heterocycles. The van der Waals surface area contributed by atoms with Gasteiger partial charge in [-0.05, 0) is 17.7 Å². The van der Waals surface area contributed by atoms with Gasteiger partial charge in [-0.1, -0.05) is 54.2 Å². The fourth-order valence-corrected chi connectivity index (χ4v) is 4.33. The van der Waals surface area contributed by atoms with E-state index in [1.54, 1.807) is 4.57 Å². The van der Waals surface area contributed by atoms with Gasteiger partial charge in [0, 0.05) is 19.9 Å². The van der Waals surface area contributed by atoms with Crippen LogP contribution in [0.4, 0.5) is 5.69 Å². The van der Waals surface area contributed by atoms with Crippen molar-refractivity contribution in [3.63, 3.8) is 0 Å². The molecule has 1 atom stereocenters. The monoisotopic (exact) mass is 437 g/mol. The standard InChI is InChI=1S/C22H23N5O3S/c1-26-20(12-11-19(23)28)24-25-22(26)31-14-21(29)27-16-9-5-6-10-18(16)30-13-17(27)15-7-3-2-4-8-15/h2-10,17H,11-14H2,1H3,(H2,23,28)/t17-/m1/s1. The Bertz CT molecular complexity index is 1090. The Morgan fingerprint density at radius 1 is 1.13 bits per heavy atom. The van der Waals surface area contributed by atoms with E-state index in [2.05, 4.69) is 10.2 Å². The number of fused-ring (bicyclic) bond motifs is 1. The second-order valence-electron chi connectivity index (χ2n) is 7.18. The maximum atomic E-state index is 13.4. The van der Waals surface area contributed by atoms with Gasteiger partial charge in [-0.3, -0.25) is 14.5 Å². The van der Waals surface area contributed by atoms with Crippen LogP contribution in [0.3, 0.4) is 0 Å². The highest BCUT2D eigenvalue weighted by Crippen LogP contribution is 2.39. The van der Waals surface area contributed by atoms with Gasteiger partial charge in [0.25, 0.3) is 0 Å². The van der Waals surface area contributed by atoms with Crippen LogP contribution in [0.25, 0.3) is 0 Å². The molecule has 31 heavy (non-hydrogen) atoms. The minimum atomic E-state index is -0.384. The Balaban J connectivity index is 1.53. The predicted molar refractivity (Wildman–Crippen MR) is 118 cm³/mol. The molecule has 3 aromatic rings. The van der Waals surface area contributed by atoms with Crippen LogP contribution in [0, 0.1) is 0 Å². The molecule has 2 aromatic carbocycles. The van der Waals surface area contributed by atoms with Crippen LogP contribution in [0.2, 0.25) is 0 Å². The first-order chi connectivity index (χ1) is 15.0. The molecule has 2 heterocycles. The van der Waals surface area contributed by atoms with E-state index in [0.717, 1.165) is 11.3 Å². The summed E-state index contributed by atoms with van der Waals surface area (Å²) in [5.41, 5.74) is 6.99. The van der Waals surface area contributed by atoms with E-state index in [4.69, 9.17) is 10.5 Å². The van der Waals surface area contributed by atoms with Crippen molar-refractivity contribution in [1.29, 1.82) is 0 Å². The molecule has 2 amide bonds. The van der Waals surface area contributed by atoms with Crippen molar-refractivity contribution in [2.24, 2.45) is 12.8 Å². The fraction of sp³-hybridized carbons (Fsp3) is 0.273. The second kappa shape index (κ2) is 9.22. The van der Waals surface area contributed by atoms with Gasteiger partial charge in [-0.15, -0.1) is 10.2 Å². The molecule has 9 heteroatoms. The number of rotatable bonds is 7. The topological polar surface area (TPSA) is 103 Å². The summed E-state index contributed by atoms with van der Waals surface area (Å²) in [4.78, 5) is 26.2. The van der Waals surface area contributed by atoms with E-state index in [1.807, 2.05) is 66.5 Å². The molecule has 0 spiro atoms. The smallest absolute Gasteiger partial charge is 0.238 e. The van der Waals surface area contributed by atoms with Crippen LogP contribution in [-0.2, 0) is 23.1 Å². The highest BCUT2D eigenvalue weighted by molar-refractivity contribution is 7.99. The van der Waals surface area contributed by atoms with Crippen LogP contribution in [0.5, 0.6) is 5.75 Å². The lowest BCUT2D eigenvalue weighted by Gasteiger charge is -2.37. The largest absolute Gasteiger partial charge is 0.489 e. The summed E-state index contributed by atoms with van der Waals surface area (Å²) in [6.45, 7) is 0.388. The van der Waals surface area contributed by atoms with Gasteiger partial charge < -0.3 is 15.0 Å². The van der Waals surface area contributed by atoms with Crippen LogP contribution in [-0.4, -0.2) is 38.9 Å². The lowest BCUT2D eigenvalue weighted by molar-refractivity contribution is -0.118. The third-order valence-electron chi connectivity index (χ3n) is 5.13. The SMILES string of the molecule is Cn1c(CCC(N)=O)nnc1SCC(=O)N1c2ccccc2OC[C@@H]1c1ccccc1. The number of carbonyl (C=O) groups is 2. The van der Waals surface area contributed by atoms with Gasteiger partial charge >= 0.3 is 0 Å². The van der Waals surface area contributed by atoms with Gasteiger partial charge in [0.2, 0.25) is 11.8 Å². The van der Waals surface area contributed by atoms with Gasteiger partial charge in [-0.25, -0.2) is 0 Å². The van der Waals surface area contributed by atoms with E-state index in [0.29, 0.717) is 29.8 Å². The first kappa shape index (κ1) is 20.9. The number of primary amides is 1. The first-order valence-electron chi connectivity index (χ1n) is 9.93. The summed E-state index contributed by atoms with van der Waals surface area (Å²) in [5.74, 6) is 1.12. The summed E-state index contributed by atoms with van der Waals surface area (Å²) >= 11 is 1.32. The molecule has 0 aliphatic carbocycles. The number of hydrogen-bond donors (Lipinski definition) is 1. The molecule has 0 saturated heterocycles. The van der Waals surface area contributed by atoms with Crippen LogP contribution in [0.15, 0.2) is 59.8 Å². The molecular weight excluding hydrogens is 414 g/mol. The summed E-state index contributed by atoms with van der Waals surface area (Å²) in [7, 11) is 1.82. The maximum Gasteiger partial charge on any atom is 0.238 e. The summed E-state index contributed by atoms with van der Waals surface area (Å²) in [5, 5.41) is 8.89. The predicted octanol–water partition coefficient (Wildman–Crippen LogP) is 2.49. The number of carbonyl (C=O) groups excluding carboxylic acids is 2. The molecule has 0 radical (unpaired) electrons. The van der Waals surface area contributed by atoms with Crippen molar-refractivity contribution in [2.45, 2.75) is 24.0 Å². The Morgan fingerprint density at radius 3 is 2.65 bits per heavy atom. The Hall–Kier alpha value is -3.33. The van der Waals surface area contributed by atoms with E-state index in [1.165, 1.54) is 11.8 Å². The minimum absolute atomic E-state index is 0.0451. The lowest BCUT2D eigenvalue weighted by Crippen LogP contribution is -2.42. The van der Waals surface area contributed by atoms with E-state index < -0.39 is 0 Å². The number of thioether (sulfide) groups is 1. The number of aryl methyl sites for hydroxylation is 1. The molecule has 2 N–H and O–H groups in total. The van der Waals surface area contributed by atoms with Crippen LogP contribution < -0.4 is 15.4 Å². The second-order valence-corrected chi connectivity index (χ2v) is 8.12. The number of ether oxygens (including phenoxy) is 1. The molecule has 1 aromatic heterocycles. The van der Waals surface area contributed by atoms with Crippen molar-refractivity contribution in [3.05, 3.63) is 66.0 Å². The Morgan fingerprint density at radius 2 is 1.87 bits per heavy atom. The normalized spacial score (nSPS) is 15.3. The van der Waals surface area contributed by atoms with Crippen LogP contribution >= 0.6 is 11.8 Å². The molecule has 4 rings (SSSR count). The highest BCUT2D eigenvalue weighted by atomic mass is 32.2. The zero-order valence-corrected chi connectivity index (χ0v) is 17.9. The first-order valence-corrected chi connectivity index (χ1v) is 10.9. The van der Waals surface area contributed by atoms with Crippen molar-refractivity contribution in [2.75, 3.05) is 17.3 Å². The number of nitrogens with zero attached hydrogens (tertiary/aromatic N) is 4. The van der Waals surface area contributed by atoms with Gasteiger partial charge in [-0.2, -0.15) is 0 Å². The Kier molecular flexibility index (Phi) is 6.22. The van der Waals surface area contributed by atoms with Crippen molar-refractivity contribution >= 4 is 29.3 Å². The molecule has 8 nitrogen and oxygen atoms in total. The van der Waals surface area contributed by atoms with Gasteiger partial charge in [0.05, 0.1) is 17.5 Å². The molecule has 0 saturated carbocycles. The van der Waals surface area contributed by atoms with Gasteiger partial charge in [0.1, 0.15) is 18.2 Å². The van der Waals surface area contributed by atoms with E-state index in [9.17, 15) is 9.59 Å². The van der Waals surface area contributed by atoms with Crippen LogP contribution in [0.1, 0.15) is 23.9 Å². The summed E-state index contributed by atoms with van der Waals surface area (Å²) in [6, 6.07) is 17.2. The zero-order valence-electron chi connectivity index (χ0n) is 17.1. The number of anilines is 1. The number of hydrogen-bond acceptors (Lipinski definition) is 6. The lowest BCUT2D eigenvalue weighted by atomic mass is 10.0. The molecule has 0 unspecified atom stereocenters. The van der Waals surface area contributed by atoms with E-state index in [-0.39, 0.29) is 30.0 Å². The molecule has 0 fully saturated rings. The number of aromatic nitrogens is 3. The zero-order chi connectivity index (χ0) is 21.8. The minimum Gasteiger partial charge on any atom is -0.489 e. The molecule has 1 aliphatic rings. The van der Waals surface area contributed by atoms with Crippen molar-refractivity contribution in [3.8, 4) is 5.75 Å². The Labute approximate surface area is 184 Å². The molecular formula is C22H23N5O3S. The summed E-state index contributed by atoms with van der Waals surface area (Å²) < 4.78 is 7.73. The number of amides is 2. The van der Waals surface area contributed by atoms with Crippen molar-refractivity contribution < 1.29 is 14.3 Å². The highest BCUT2D eigenvalue weighted by Gasteiger charge is 2.33. The fourth-order valence-electron chi connectivity index (χ4n) is 3.54. The third kappa shape index (κ3) is 4.56. The molecule has 0 bridgehead atoms. The number of para-hydroxylation sites is 2. The van der Waals surface area contributed by atoms with E-state index >= 15 is 0 Å². The average Bonchev–Trinajstić information content (AvgIpc) is 3.15. The quantitative estimate of drug-likeness (QED) is 0.570. The number of benzene rings is 2. The third-order valence-corrected chi connectivity index (χ3v) is 6.14. The maximum absolute atomic E-state index is 13.4. The summed E-state index contributed by atoms with van der Waals surface area (Å²) in [6.07, 6.45) is 0.624. The average molecular weight is 438 g/mol. The van der Waals surface area contributed by atoms with Crippen molar-refractivity contribution in [1.82, 2.24) is 14.8 Å². The number of nitrogens with two attached hydrogens (primary N) is 1.